The van der Waals surface area contributed by atoms with Crippen LogP contribution in [0.3, 0.4) is 0 Å². The van der Waals surface area contributed by atoms with Gasteiger partial charge in [-0.3, -0.25) is 14.3 Å². The zero-order chi connectivity index (χ0) is 25.0. The Bertz CT molecular complexity index is 1540. The third-order valence-corrected chi connectivity index (χ3v) is 6.44. The second-order valence-corrected chi connectivity index (χ2v) is 9.24. The van der Waals surface area contributed by atoms with Crippen LogP contribution in [0.15, 0.2) is 101 Å². The summed E-state index contributed by atoms with van der Waals surface area (Å²) >= 11 is 0. The van der Waals surface area contributed by atoms with Gasteiger partial charge in [0.25, 0.3) is 21.5 Å². The summed E-state index contributed by atoms with van der Waals surface area (Å²) in [4.78, 5) is 25.0. The molecule has 35 heavy (non-hydrogen) atoms. The van der Waals surface area contributed by atoms with Gasteiger partial charge in [-0.15, -0.1) is 0 Å². The number of nitrogens with one attached hydrogen (secondary N) is 2. The van der Waals surface area contributed by atoms with Crippen LogP contribution in [0.25, 0.3) is 0 Å². The van der Waals surface area contributed by atoms with Crippen molar-refractivity contribution in [2.75, 3.05) is 10.0 Å². The van der Waals surface area contributed by atoms with Crippen LogP contribution < -0.4 is 15.6 Å². The lowest BCUT2D eigenvalue weighted by Crippen LogP contribution is -2.29. The van der Waals surface area contributed by atoms with Gasteiger partial charge in [-0.05, 0) is 60.2 Å². The Hall–Kier alpha value is -4.31. The molecule has 1 amide bonds. The van der Waals surface area contributed by atoms with E-state index >= 15 is 0 Å². The summed E-state index contributed by atoms with van der Waals surface area (Å²) in [5, 5.41) is 2.60. The van der Waals surface area contributed by atoms with Crippen LogP contribution in [0, 0.1) is 11.6 Å². The molecule has 0 saturated heterocycles. The SMILES string of the molecule is O=C(Nc1ccc(NS(=O)(=O)c2ccc(F)c(F)c2)cc1)c1cccn(Cc2ccccc2)c1=O. The smallest absolute Gasteiger partial charge is 0.263 e. The van der Waals surface area contributed by atoms with Gasteiger partial charge in [0.15, 0.2) is 11.6 Å². The molecular weight excluding hydrogens is 476 g/mol. The van der Waals surface area contributed by atoms with Gasteiger partial charge in [0.2, 0.25) is 0 Å². The Morgan fingerprint density at radius 2 is 1.51 bits per heavy atom. The van der Waals surface area contributed by atoms with Crippen molar-refractivity contribution in [3.05, 3.63) is 124 Å². The van der Waals surface area contributed by atoms with E-state index in [0.29, 0.717) is 18.3 Å². The molecule has 0 aliphatic rings. The molecule has 7 nitrogen and oxygen atoms in total. The van der Waals surface area contributed by atoms with Gasteiger partial charge in [0.05, 0.1) is 11.4 Å². The molecule has 2 N–H and O–H groups in total. The van der Waals surface area contributed by atoms with Crippen LogP contribution in [0.5, 0.6) is 0 Å². The minimum absolute atomic E-state index is 0.0495. The van der Waals surface area contributed by atoms with Gasteiger partial charge in [0.1, 0.15) is 5.56 Å². The number of amides is 1. The number of aromatic nitrogens is 1. The zero-order valence-corrected chi connectivity index (χ0v) is 18.9. The highest BCUT2D eigenvalue weighted by molar-refractivity contribution is 7.92. The van der Waals surface area contributed by atoms with Gasteiger partial charge in [-0.25, -0.2) is 17.2 Å². The van der Waals surface area contributed by atoms with Crippen LogP contribution in [0.4, 0.5) is 20.2 Å². The number of benzene rings is 3. The molecule has 0 saturated carbocycles. The largest absolute Gasteiger partial charge is 0.322 e. The Kier molecular flexibility index (Phi) is 6.74. The van der Waals surface area contributed by atoms with E-state index < -0.39 is 38.0 Å². The van der Waals surface area contributed by atoms with Crippen molar-refractivity contribution in [3.8, 4) is 0 Å². The molecule has 0 radical (unpaired) electrons. The Balaban J connectivity index is 1.46. The molecule has 0 bridgehead atoms. The van der Waals surface area contributed by atoms with Crippen molar-refractivity contribution >= 4 is 27.3 Å². The van der Waals surface area contributed by atoms with Crippen LogP contribution in [0.1, 0.15) is 15.9 Å². The summed E-state index contributed by atoms with van der Waals surface area (Å²) < 4.78 is 55.0. The molecule has 1 heterocycles. The molecule has 0 aliphatic carbocycles. The number of carbonyl (C=O) groups excluding carboxylic acids is 1. The number of hydrogen-bond donors (Lipinski definition) is 2. The second kappa shape index (κ2) is 9.90. The first kappa shape index (κ1) is 23.8. The van der Waals surface area contributed by atoms with Crippen LogP contribution >= 0.6 is 0 Å². The fourth-order valence-corrected chi connectivity index (χ4v) is 4.36. The number of rotatable bonds is 7. The number of carbonyl (C=O) groups is 1. The first-order chi connectivity index (χ1) is 16.7. The average molecular weight is 496 g/mol. The predicted molar refractivity (Wildman–Crippen MR) is 128 cm³/mol. The third kappa shape index (κ3) is 5.61. The number of sulfonamides is 1. The van der Waals surface area contributed by atoms with Crippen molar-refractivity contribution in [1.29, 1.82) is 0 Å². The summed E-state index contributed by atoms with van der Waals surface area (Å²) in [5.74, 6) is -3.06. The van der Waals surface area contributed by atoms with Crippen molar-refractivity contribution in [2.24, 2.45) is 0 Å². The summed E-state index contributed by atoms with van der Waals surface area (Å²) in [6, 6.07) is 20.3. The van der Waals surface area contributed by atoms with Crippen LogP contribution in [0.2, 0.25) is 0 Å². The molecule has 1 aromatic heterocycles. The fraction of sp³-hybridized carbons (Fsp3) is 0.0400. The molecule has 3 aromatic carbocycles. The van der Waals surface area contributed by atoms with E-state index in [4.69, 9.17) is 0 Å². The average Bonchev–Trinajstić information content (AvgIpc) is 2.84. The van der Waals surface area contributed by atoms with E-state index in [9.17, 15) is 26.8 Å². The van der Waals surface area contributed by atoms with Crippen LogP contribution in [-0.4, -0.2) is 18.9 Å². The minimum atomic E-state index is -4.16. The summed E-state index contributed by atoms with van der Waals surface area (Å²) in [7, 11) is -4.16. The number of nitrogens with zero attached hydrogens (tertiary/aromatic N) is 1. The molecule has 0 atom stereocenters. The van der Waals surface area contributed by atoms with Crippen LogP contribution in [-0.2, 0) is 16.6 Å². The second-order valence-electron chi connectivity index (χ2n) is 7.55. The first-order valence-electron chi connectivity index (χ1n) is 10.4. The van der Waals surface area contributed by atoms with Gasteiger partial charge < -0.3 is 9.88 Å². The number of halogens is 2. The van der Waals surface area contributed by atoms with Gasteiger partial charge in [0, 0.05) is 17.6 Å². The van der Waals surface area contributed by atoms with Gasteiger partial charge in [-0.1, -0.05) is 30.3 Å². The van der Waals surface area contributed by atoms with E-state index in [-0.39, 0.29) is 11.3 Å². The predicted octanol–water partition coefficient (Wildman–Crippen LogP) is 4.23. The highest BCUT2D eigenvalue weighted by atomic mass is 32.2. The molecule has 10 heteroatoms. The lowest BCUT2D eigenvalue weighted by molar-refractivity contribution is 0.102. The van der Waals surface area contributed by atoms with Gasteiger partial charge in [-0.2, -0.15) is 0 Å². The Morgan fingerprint density at radius 3 is 2.20 bits per heavy atom. The quantitative estimate of drug-likeness (QED) is 0.401. The molecule has 0 unspecified atom stereocenters. The molecule has 0 aliphatic heterocycles. The van der Waals surface area contributed by atoms with Crippen molar-refractivity contribution in [2.45, 2.75) is 11.4 Å². The maximum atomic E-state index is 13.4. The standard InChI is InChI=1S/C25H19F2N3O4S/c26-22-13-12-20(15-23(22)27)35(33,34)29-19-10-8-18(9-11-19)28-24(31)21-7-4-14-30(25(21)32)16-17-5-2-1-3-6-17/h1-15,29H,16H2,(H,28,31). The molecule has 4 aromatic rings. The van der Waals surface area contributed by atoms with E-state index in [0.717, 1.165) is 17.7 Å². The normalized spacial score (nSPS) is 11.1. The summed E-state index contributed by atoms with van der Waals surface area (Å²) in [5.41, 5.74) is 0.867. The lowest BCUT2D eigenvalue weighted by Gasteiger charge is -2.11. The van der Waals surface area contributed by atoms with E-state index in [2.05, 4.69) is 10.0 Å². The summed E-state index contributed by atoms with van der Waals surface area (Å²) in [6.45, 7) is 0.313. The van der Waals surface area contributed by atoms with E-state index in [1.807, 2.05) is 30.3 Å². The first-order valence-corrected chi connectivity index (χ1v) is 11.8. The van der Waals surface area contributed by atoms with Crippen molar-refractivity contribution in [1.82, 2.24) is 4.57 Å². The topological polar surface area (TPSA) is 97.3 Å². The summed E-state index contributed by atoms with van der Waals surface area (Å²) in [6.07, 6.45) is 1.60. The number of hydrogen-bond acceptors (Lipinski definition) is 4. The molecular formula is C25H19F2N3O4S. The number of pyridine rings is 1. The molecule has 178 valence electrons. The van der Waals surface area contributed by atoms with Gasteiger partial charge >= 0.3 is 0 Å². The maximum Gasteiger partial charge on any atom is 0.263 e. The van der Waals surface area contributed by atoms with Crippen molar-refractivity contribution < 1.29 is 22.0 Å². The molecule has 0 fully saturated rings. The minimum Gasteiger partial charge on any atom is -0.322 e. The lowest BCUT2D eigenvalue weighted by atomic mass is 10.2. The number of anilines is 2. The molecule has 4 rings (SSSR count). The zero-order valence-electron chi connectivity index (χ0n) is 18.1. The Labute approximate surface area is 199 Å². The Morgan fingerprint density at radius 1 is 0.829 bits per heavy atom. The monoisotopic (exact) mass is 495 g/mol. The fourth-order valence-electron chi connectivity index (χ4n) is 3.29. The highest BCUT2D eigenvalue weighted by Gasteiger charge is 2.17. The van der Waals surface area contributed by atoms with E-state index in [1.54, 1.807) is 12.3 Å². The highest BCUT2D eigenvalue weighted by Crippen LogP contribution is 2.20. The maximum absolute atomic E-state index is 13.4. The van der Waals surface area contributed by atoms with E-state index in [1.165, 1.54) is 34.9 Å². The third-order valence-electron chi connectivity index (χ3n) is 5.06. The molecule has 0 spiro atoms. The van der Waals surface area contributed by atoms with Crippen molar-refractivity contribution in [3.63, 3.8) is 0 Å².